The first-order chi connectivity index (χ1) is 27.2. The summed E-state index contributed by atoms with van der Waals surface area (Å²) in [5, 5.41) is 7.41. The van der Waals surface area contributed by atoms with Gasteiger partial charge in [0.2, 0.25) is 0 Å². The molecule has 0 atom stereocenters. The summed E-state index contributed by atoms with van der Waals surface area (Å²) in [7, 11) is 0. The summed E-state index contributed by atoms with van der Waals surface area (Å²) in [6.45, 7) is 0. The van der Waals surface area contributed by atoms with Crippen LogP contribution in [0.4, 0.5) is 17.1 Å². The molecule has 2 heterocycles. The van der Waals surface area contributed by atoms with Crippen molar-refractivity contribution in [2.24, 2.45) is 0 Å². The van der Waals surface area contributed by atoms with E-state index in [9.17, 15) is 0 Å². The fraction of sp³-hybridized carbons (Fsp3) is 0. The average molecular weight is 720 g/mol. The van der Waals surface area contributed by atoms with Crippen LogP contribution >= 0.6 is 11.3 Å². The molecule has 0 aliphatic rings. The fourth-order valence-corrected chi connectivity index (χ4v) is 9.38. The van der Waals surface area contributed by atoms with Gasteiger partial charge in [0.25, 0.3) is 0 Å². The van der Waals surface area contributed by atoms with Crippen molar-refractivity contribution in [3.8, 4) is 33.4 Å². The predicted octanol–water partition coefficient (Wildman–Crippen LogP) is 15.6. The van der Waals surface area contributed by atoms with Gasteiger partial charge in [-0.05, 0) is 111 Å². The third-order valence-corrected chi connectivity index (χ3v) is 12.0. The highest BCUT2D eigenvalue weighted by Crippen LogP contribution is 2.43. The van der Waals surface area contributed by atoms with Gasteiger partial charge in [-0.25, -0.2) is 0 Å². The number of nitrogens with zero attached hydrogens (tertiary/aromatic N) is 1. The van der Waals surface area contributed by atoms with Crippen LogP contribution in [0.1, 0.15) is 0 Å². The standard InChI is InChI=1S/C52H33NOS/c1-2-14-42-35(10-1)11-8-17-43(42)38-12-7-13-41(32-38)53(39-27-22-34(23-28-39)37-26-31-46-45-15-3-5-19-48(45)54-49(46)33-37)40-29-24-36(25-30-40)44-18-9-21-51-52(44)47-16-4-6-20-50(47)55-51/h1-33H. The van der Waals surface area contributed by atoms with Gasteiger partial charge in [0.05, 0.1) is 0 Å². The number of rotatable bonds is 6. The molecular formula is C52H33NOS. The number of thiophene rings is 1. The molecule has 0 unspecified atom stereocenters. The van der Waals surface area contributed by atoms with E-state index in [1.165, 1.54) is 53.2 Å². The predicted molar refractivity (Wildman–Crippen MR) is 235 cm³/mol. The van der Waals surface area contributed by atoms with E-state index in [2.05, 4.69) is 193 Å². The van der Waals surface area contributed by atoms with Gasteiger partial charge in [-0.2, -0.15) is 0 Å². The van der Waals surface area contributed by atoms with Gasteiger partial charge in [-0.3, -0.25) is 0 Å². The number of benzene rings is 9. The minimum atomic E-state index is 0.904. The molecule has 11 rings (SSSR count). The zero-order valence-electron chi connectivity index (χ0n) is 29.8. The van der Waals surface area contributed by atoms with Gasteiger partial charge in [0, 0.05) is 48.0 Å². The second kappa shape index (κ2) is 12.9. The Morgan fingerprint density at radius 1 is 0.345 bits per heavy atom. The Labute approximate surface area is 322 Å². The highest BCUT2D eigenvalue weighted by atomic mass is 32.1. The van der Waals surface area contributed by atoms with E-state index >= 15 is 0 Å². The maximum atomic E-state index is 6.24. The van der Waals surface area contributed by atoms with Gasteiger partial charge in [0.1, 0.15) is 11.2 Å². The highest BCUT2D eigenvalue weighted by Gasteiger charge is 2.17. The largest absolute Gasteiger partial charge is 0.456 e. The number of para-hydroxylation sites is 1. The van der Waals surface area contributed by atoms with Crippen LogP contribution in [-0.4, -0.2) is 0 Å². The molecule has 2 aromatic heterocycles. The van der Waals surface area contributed by atoms with Gasteiger partial charge in [0.15, 0.2) is 0 Å². The van der Waals surface area contributed by atoms with E-state index < -0.39 is 0 Å². The lowest BCUT2D eigenvalue weighted by Crippen LogP contribution is -2.10. The molecule has 2 nitrogen and oxygen atoms in total. The molecule has 0 saturated heterocycles. The van der Waals surface area contributed by atoms with Crippen molar-refractivity contribution < 1.29 is 4.42 Å². The average Bonchev–Trinajstić information content (AvgIpc) is 3.82. The Kier molecular flexibility index (Phi) is 7.39. The monoisotopic (exact) mass is 719 g/mol. The zero-order valence-corrected chi connectivity index (χ0v) is 30.6. The number of hydrogen-bond donors (Lipinski definition) is 0. The molecule has 0 aliphatic heterocycles. The minimum Gasteiger partial charge on any atom is -0.456 e. The quantitative estimate of drug-likeness (QED) is 0.170. The van der Waals surface area contributed by atoms with E-state index in [1.807, 2.05) is 23.5 Å². The van der Waals surface area contributed by atoms with E-state index in [4.69, 9.17) is 4.42 Å². The molecule has 0 amide bonds. The number of furan rings is 1. The number of fused-ring (bicyclic) bond motifs is 7. The fourth-order valence-electron chi connectivity index (χ4n) is 8.25. The zero-order chi connectivity index (χ0) is 36.3. The van der Waals surface area contributed by atoms with Crippen LogP contribution in [-0.2, 0) is 0 Å². The van der Waals surface area contributed by atoms with Crippen molar-refractivity contribution in [2.75, 3.05) is 4.90 Å². The number of hydrogen-bond acceptors (Lipinski definition) is 3. The van der Waals surface area contributed by atoms with Crippen molar-refractivity contribution in [1.29, 1.82) is 0 Å². The topological polar surface area (TPSA) is 16.4 Å². The van der Waals surface area contributed by atoms with Crippen molar-refractivity contribution in [3.05, 3.63) is 200 Å². The molecule has 55 heavy (non-hydrogen) atoms. The summed E-state index contributed by atoms with van der Waals surface area (Å²) in [4.78, 5) is 2.37. The highest BCUT2D eigenvalue weighted by molar-refractivity contribution is 7.25. The van der Waals surface area contributed by atoms with Gasteiger partial charge in [-0.15, -0.1) is 11.3 Å². The van der Waals surface area contributed by atoms with E-state index in [0.717, 1.165) is 50.1 Å². The molecule has 0 aliphatic carbocycles. The SMILES string of the molecule is c1cc(-c2cccc3ccccc23)cc(N(c2ccc(-c3ccc4c(c3)oc3ccccc34)cc2)c2ccc(-c3cccc4sc5ccccc5c34)cc2)c1. The van der Waals surface area contributed by atoms with E-state index in [1.54, 1.807) is 0 Å². The summed E-state index contributed by atoms with van der Waals surface area (Å²) in [5.74, 6) is 0. The Morgan fingerprint density at radius 2 is 0.964 bits per heavy atom. The molecule has 0 N–H and O–H groups in total. The van der Waals surface area contributed by atoms with Crippen molar-refractivity contribution >= 4 is 81.3 Å². The Balaban J connectivity index is 1.02. The first kappa shape index (κ1) is 31.6. The molecule has 0 radical (unpaired) electrons. The summed E-state index contributed by atoms with van der Waals surface area (Å²) in [6.07, 6.45) is 0. The third-order valence-electron chi connectivity index (χ3n) is 10.9. The lowest BCUT2D eigenvalue weighted by Gasteiger charge is -2.26. The van der Waals surface area contributed by atoms with Crippen LogP contribution in [0.15, 0.2) is 205 Å². The third kappa shape index (κ3) is 5.40. The molecule has 0 fully saturated rings. The number of anilines is 3. The lowest BCUT2D eigenvalue weighted by atomic mass is 9.97. The molecule has 11 aromatic rings. The molecule has 9 aromatic carbocycles. The van der Waals surface area contributed by atoms with Crippen molar-refractivity contribution in [2.45, 2.75) is 0 Å². The first-order valence-electron chi connectivity index (χ1n) is 18.7. The van der Waals surface area contributed by atoms with Gasteiger partial charge >= 0.3 is 0 Å². The second-order valence-electron chi connectivity index (χ2n) is 14.1. The normalized spacial score (nSPS) is 11.6. The summed E-state index contributed by atoms with van der Waals surface area (Å²) < 4.78 is 8.87. The molecule has 258 valence electrons. The lowest BCUT2D eigenvalue weighted by molar-refractivity contribution is 0.669. The Hall–Kier alpha value is -6.94. The first-order valence-corrected chi connectivity index (χ1v) is 19.5. The second-order valence-corrected chi connectivity index (χ2v) is 15.2. The maximum absolute atomic E-state index is 6.24. The van der Waals surface area contributed by atoms with E-state index in [-0.39, 0.29) is 0 Å². The van der Waals surface area contributed by atoms with Crippen LogP contribution in [0.3, 0.4) is 0 Å². The van der Waals surface area contributed by atoms with Crippen LogP contribution < -0.4 is 4.90 Å². The summed E-state index contributed by atoms with van der Waals surface area (Å²) in [5.41, 5.74) is 12.2. The molecular weight excluding hydrogens is 687 g/mol. The summed E-state index contributed by atoms with van der Waals surface area (Å²) >= 11 is 1.86. The van der Waals surface area contributed by atoms with Gasteiger partial charge < -0.3 is 9.32 Å². The molecule has 0 bridgehead atoms. The Bertz CT molecular complexity index is 3200. The van der Waals surface area contributed by atoms with Crippen molar-refractivity contribution in [3.63, 3.8) is 0 Å². The molecule has 0 saturated carbocycles. The summed E-state index contributed by atoms with van der Waals surface area (Å²) in [6, 6.07) is 72.2. The van der Waals surface area contributed by atoms with E-state index in [0.29, 0.717) is 0 Å². The van der Waals surface area contributed by atoms with Crippen molar-refractivity contribution in [1.82, 2.24) is 0 Å². The Morgan fingerprint density at radius 3 is 1.82 bits per heavy atom. The van der Waals surface area contributed by atoms with Gasteiger partial charge in [-0.1, -0.05) is 133 Å². The molecule has 0 spiro atoms. The van der Waals surface area contributed by atoms with Crippen LogP contribution in [0.2, 0.25) is 0 Å². The van der Waals surface area contributed by atoms with Crippen LogP contribution in [0.25, 0.3) is 86.3 Å². The maximum Gasteiger partial charge on any atom is 0.136 e. The smallest absolute Gasteiger partial charge is 0.136 e. The van der Waals surface area contributed by atoms with Crippen LogP contribution in [0.5, 0.6) is 0 Å². The minimum absolute atomic E-state index is 0.904. The van der Waals surface area contributed by atoms with Crippen LogP contribution in [0, 0.1) is 0 Å². The molecule has 3 heteroatoms.